The minimum atomic E-state index is -0.0356. The van der Waals surface area contributed by atoms with Crippen LogP contribution in [0.1, 0.15) is 43.6 Å². The first-order valence-corrected chi connectivity index (χ1v) is 6.49. The van der Waals surface area contributed by atoms with Crippen LogP contribution in [-0.4, -0.2) is 19.7 Å². The maximum Gasteiger partial charge on any atom is 0.177 e. The van der Waals surface area contributed by atoms with Crippen LogP contribution in [0.3, 0.4) is 0 Å². The zero-order chi connectivity index (χ0) is 12.6. The Morgan fingerprint density at radius 2 is 2.00 bits per heavy atom. The summed E-state index contributed by atoms with van der Waals surface area (Å²) >= 11 is 1.56. The number of aromatic nitrogens is 4. The lowest BCUT2D eigenvalue weighted by molar-refractivity contribution is 0.711. The Bertz CT molecular complexity index is 512. The van der Waals surface area contributed by atoms with Crippen molar-refractivity contribution < 1.29 is 0 Å². The number of hydrogen-bond acceptors (Lipinski definition) is 5. The molecule has 0 amide bonds. The summed E-state index contributed by atoms with van der Waals surface area (Å²) in [5.74, 6) is 1.97. The minimum absolute atomic E-state index is 0.0356. The van der Waals surface area contributed by atoms with Crippen molar-refractivity contribution >= 4 is 11.3 Å². The van der Waals surface area contributed by atoms with Crippen LogP contribution in [-0.2, 0) is 7.05 Å². The van der Waals surface area contributed by atoms with E-state index in [9.17, 15) is 0 Å². The van der Waals surface area contributed by atoms with E-state index in [1.807, 2.05) is 19.4 Å². The molecule has 2 aromatic rings. The Kier molecular flexibility index (Phi) is 3.26. The molecule has 0 aliphatic carbocycles. The Morgan fingerprint density at radius 3 is 2.47 bits per heavy atom. The van der Waals surface area contributed by atoms with E-state index in [2.05, 4.69) is 28.9 Å². The van der Waals surface area contributed by atoms with E-state index >= 15 is 0 Å². The summed E-state index contributed by atoms with van der Waals surface area (Å²) < 4.78 is 1.77. The number of nitrogens with two attached hydrogens (primary N) is 1. The van der Waals surface area contributed by atoms with Crippen LogP contribution in [0.25, 0.3) is 11.5 Å². The van der Waals surface area contributed by atoms with Crippen molar-refractivity contribution in [2.24, 2.45) is 12.8 Å². The van der Waals surface area contributed by atoms with E-state index in [1.54, 1.807) is 16.0 Å². The van der Waals surface area contributed by atoms with Gasteiger partial charge in [-0.05, 0) is 6.92 Å². The van der Waals surface area contributed by atoms with Crippen molar-refractivity contribution in [3.05, 3.63) is 16.2 Å². The van der Waals surface area contributed by atoms with E-state index in [0.717, 1.165) is 22.4 Å². The number of aryl methyl sites for hydroxylation is 1. The summed E-state index contributed by atoms with van der Waals surface area (Å²) in [5, 5.41) is 7.28. The van der Waals surface area contributed by atoms with Gasteiger partial charge in [-0.1, -0.05) is 13.8 Å². The van der Waals surface area contributed by atoms with Crippen molar-refractivity contribution in [1.82, 2.24) is 19.7 Å². The fraction of sp³-hybridized carbons (Fsp3) is 0.545. The van der Waals surface area contributed by atoms with Crippen molar-refractivity contribution in [3.8, 4) is 11.5 Å². The van der Waals surface area contributed by atoms with E-state index < -0.39 is 0 Å². The Hall–Kier alpha value is -1.27. The third kappa shape index (κ3) is 2.37. The maximum absolute atomic E-state index is 5.80. The highest BCUT2D eigenvalue weighted by Crippen LogP contribution is 2.24. The summed E-state index contributed by atoms with van der Waals surface area (Å²) in [6.07, 6.45) is 0. The molecule has 0 saturated carbocycles. The number of hydrogen-bond donors (Lipinski definition) is 1. The molecule has 2 heterocycles. The van der Waals surface area contributed by atoms with Gasteiger partial charge < -0.3 is 5.73 Å². The van der Waals surface area contributed by atoms with Crippen molar-refractivity contribution in [2.45, 2.75) is 32.7 Å². The molecule has 6 heteroatoms. The summed E-state index contributed by atoms with van der Waals surface area (Å²) in [4.78, 5) is 8.99. The molecule has 2 N–H and O–H groups in total. The Morgan fingerprint density at radius 1 is 1.29 bits per heavy atom. The number of rotatable bonds is 3. The highest BCUT2D eigenvalue weighted by molar-refractivity contribution is 7.10. The third-order valence-electron chi connectivity index (χ3n) is 2.44. The van der Waals surface area contributed by atoms with E-state index in [1.165, 1.54) is 0 Å². The normalized spacial score (nSPS) is 13.3. The minimum Gasteiger partial charge on any atom is -0.322 e. The molecule has 0 aliphatic heterocycles. The highest BCUT2D eigenvalue weighted by atomic mass is 32.1. The molecule has 0 bridgehead atoms. The van der Waals surface area contributed by atoms with Crippen molar-refractivity contribution in [2.75, 3.05) is 0 Å². The predicted molar refractivity (Wildman–Crippen MR) is 68.8 cm³/mol. The summed E-state index contributed by atoms with van der Waals surface area (Å²) in [5.41, 5.74) is 6.65. The molecule has 17 heavy (non-hydrogen) atoms. The average Bonchev–Trinajstić information content (AvgIpc) is 2.83. The van der Waals surface area contributed by atoms with E-state index in [4.69, 9.17) is 5.73 Å². The molecule has 1 atom stereocenters. The summed E-state index contributed by atoms with van der Waals surface area (Å²) in [6, 6.07) is -0.0356. The van der Waals surface area contributed by atoms with Gasteiger partial charge in [0.25, 0.3) is 0 Å². The lowest BCUT2D eigenvalue weighted by atomic mass is 10.2. The lowest BCUT2D eigenvalue weighted by Gasteiger charge is -1.97. The average molecular weight is 251 g/mol. The second-order valence-corrected chi connectivity index (χ2v) is 5.32. The largest absolute Gasteiger partial charge is 0.322 e. The quantitative estimate of drug-likeness (QED) is 0.906. The topological polar surface area (TPSA) is 69.6 Å². The molecule has 2 rings (SSSR count). The smallest absolute Gasteiger partial charge is 0.177 e. The van der Waals surface area contributed by atoms with E-state index in [-0.39, 0.29) is 6.04 Å². The van der Waals surface area contributed by atoms with Gasteiger partial charge in [0.15, 0.2) is 11.6 Å². The van der Waals surface area contributed by atoms with Crippen LogP contribution in [0.4, 0.5) is 0 Å². The molecule has 0 saturated heterocycles. The van der Waals surface area contributed by atoms with Gasteiger partial charge in [0.05, 0.1) is 6.04 Å². The zero-order valence-corrected chi connectivity index (χ0v) is 11.3. The molecular formula is C11H17N5S. The molecule has 0 fully saturated rings. The van der Waals surface area contributed by atoms with Crippen LogP contribution >= 0.6 is 11.3 Å². The van der Waals surface area contributed by atoms with Gasteiger partial charge >= 0.3 is 0 Å². The molecule has 92 valence electrons. The first-order valence-electron chi connectivity index (χ1n) is 5.61. The number of thiazole rings is 1. The van der Waals surface area contributed by atoms with Gasteiger partial charge in [-0.2, -0.15) is 5.10 Å². The molecule has 5 nitrogen and oxygen atoms in total. The first-order chi connectivity index (χ1) is 7.99. The molecule has 0 spiro atoms. The van der Waals surface area contributed by atoms with Crippen molar-refractivity contribution in [3.63, 3.8) is 0 Å². The summed E-state index contributed by atoms with van der Waals surface area (Å²) in [6.45, 7) is 6.08. The van der Waals surface area contributed by atoms with Crippen LogP contribution in [0.2, 0.25) is 0 Å². The standard InChI is InChI=1S/C11H17N5S/c1-6(2)9-14-10(16(4)15-9)8-5-17-11(13-8)7(3)12/h5-7H,12H2,1-4H3. The van der Waals surface area contributed by atoms with Gasteiger partial charge in [0.2, 0.25) is 0 Å². The molecule has 0 aromatic carbocycles. The molecule has 0 aliphatic rings. The SMILES string of the molecule is CC(C)c1nc(-c2csc(C(C)N)n2)n(C)n1. The molecule has 2 aromatic heterocycles. The van der Waals surface area contributed by atoms with E-state index in [0.29, 0.717) is 5.92 Å². The molecule has 0 radical (unpaired) electrons. The second-order valence-electron chi connectivity index (χ2n) is 4.43. The predicted octanol–water partition coefficient (Wildman–Crippen LogP) is 2.08. The summed E-state index contributed by atoms with van der Waals surface area (Å²) in [7, 11) is 1.89. The Labute approximate surface area is 105 Å². The van der Waals surface area contributed by atoms with Gasteiger partial charge in [-0.15, -0.1) is 11.3 Å². The van der Waals surface area contributed by atoms with Crippen LogP contribution in [0.15, 0.2) is 5.38 Å². The van der Waals surface area contributed by atoms with Crippen LogP contribution in [0, 0.1) is 0 Å². The van der Waals surface area contributed by atoms with Crippen LogP contribution in [0.5, 0.6) is 0 Å². The zero-order valence-electron chi connectivity index (χ0n) is 10.5. The highest BCUT2D eigenvalue weighted by Gasteiger charge is 2.15. The third-order valence-corrected chi connectivity index (χ3v) is 3.48. The van der Waals surface area contributed by atoms with Crippen LogP contribution < -0.4 is 5.73 Å². The molecular weight excluding hydrogens is 234 g/mol. The van der Waals surface area contributed by atoms with Crippen molar-refractivity contribution in [1.29, 1.82) is 0 Å². The van der Waals surface area contributed by atoms with Gasteiger partial charge in [-0.25, -0.2) is 14.6 Å². The molecule has 1 unspecified atom stereocenters. The van der Waals surface area contributed by atoms with Gasteiger partial charge in [0, 0.05) is 18.3 Å². The first kappa shape index (κ1) is 12.2. The number of nitrogens with zero attached hydrogens (tertiary/aromatic N) is 4. The van der Waals surface area contributed by atoms with Gasteiger partial charge in [-0.3, -0.25) is 0 Å². The Balaban J connectivity index is 2.38. The second kappa shape index (κ2) is 4.54. The van der Waals surface area contributed by atoms with Gasteiger partial charge in [0.1, 0.15) is 10.7 Å². The monoisotopic (exact) mass is 251 g/mol. The fourth-order valence-corrected chi connectivity index (χ4v) is 2.23. The fourth-order valence-electron chi connectivity index (χ4n) is 1.47. The lowest BCUT2D eigenvalue weighted by Crippen LogP contribution is -2.04. The maximum atomic E-state index is 5.80.